The lowest BCUT2D eigenvalue weighted by Gasteiger charge is -2.10. The maximum atomic E-state index is 12.6. The molecule has 0 radical (unpaired) electrons. The van der Waals surface area contributed by atoms with Gasteiger partial charge in [-0.3, -0.25) is 9.59 Å². The monoisotopic (exact) mass is 455 g/mol. The highest BCUT2D eigenvalue weighted by molar-refractivity contribution is 5.95. The fourth-order valence-corrected chi connectivity index (χ4v) is 3.42. The van der Waals surface area contributed by atoms with Gasteiger partial charge in [0.15, 0.2) is 0 Å². The number of hydrogen-bond donors (Lipinski definition) is 2. The summed E-state index contributed by atoms with van der Waals surface area (Å²) < 4.78 is 11.3. The maximum Gasteiger partial charge on any atom is 0.252 e. The van der Waals surface area contributed by atoms with Gasteiger partial charge in [-0.2, -0.15) is 0 Å². The standard InChI is InChI=1S/C27H25N3O4/c1-18-9-11-20(12-10-18)27-30-22(17-34-27)13-14-29-26(32)21-6-4-5-19(15-21)16-33-24-8-3-2-7-23(24)25(28)31/h2-12,15,17H,13-14,16H2,1H3,(H2,28,31)(H,29,32). The topological polar surface area (TPSA) is 107 Å². The minimum Gasteiger partial charge on any atom is -0.488 e. The van der Waals surface area contributed by atoms with Gasteiger partial charge < -0.3 is 20.2 Å². The summed E-state index contributed by atoms with van der Waals surface area (Å²) in [5.74, 6) is 0.220. The number of ether oxygens (including phenoxy) is 1. The third kappa shape index (κ3) is 5.69. The van der Waals surface area contributed by atoms with E-state index in [4.69, 9.17) is 14.9 Å². The van der Waals surface area contributed by atoms with Crippen LogP contribution in [-0.4, -0.2) is 23.3 Å². The van der Waals surface area contributed by atoms with Crippen LogP contribution in [0.25, 0.3) is 11.5 Å². The van der Waals surface area contributed by atoms with Gasteiger partial charge in [-0.25, -0.2) is 4.98 Å². The van der Waals surface area contributed by atoms with E-state index >= 15 is 0 Å². The molecule has 0 unspecified atom stereocenters. The van der Waals surface area contributed by atoms with E-state index in [1.54, 1.807) is 48.7 Å². The average molecular weight is 456 g/mol. The normalized spacial score (nSPS) is 10.6. The molecular formula is C27H25N3O4. The van der Waals surface area contributed by atoms with Crippen molar-refractivity contribution in [2.24, 2.45) is 5.73 Å². The molecule has 3 aromatic carbocycles. The molecule has 0 aliphatic rings. The zero-order chi connectivity index (χ0) is 23.9. The van der Waals surface area contributed by atoms with Crippen LogP contribution in [0.2, 0.25) is 0 Å². The summed E-state index contributed by atoms with van der Waals surface area (Å²) >= 11 is 0. The molecule has 0 atom stereocenters. The Morgan fingerprint density at radius 2 is 1.82 bits per heavy atom. The Morgan fingerprint density at radius 3 is 2.62 bits per heavy atom. The summed E-state index contributed by atoms with van der Waals surface area (Å²) in [5.41, 5.74) is 9.88. The van der Waals surface area contributed by atoms with Crippen molar-refractivity contribution in [3.8, 4) is 17.2 Å². The number of carbonyl (C=O) groups excluding carboxylic acids is 2. The van der Waals surface area contributed by atoms with Crippen molar-refractivity contribution in [3.63, 3.8) is 0 Å². The Morgan fingerprint density at radius 1 is 1.03 bits per heavy atom. The number of nitrogens with one attached hydrogen (secondary N) is 1. The van der Waals surface area contributed by atoms with Crippen LogP contribution in [0.15, 0.2) is 83.5 Å². The van der Waals surface area contributed by atoms with E-state index in [1.807, 2.05) is 37.3 Å². The van der Waals surface area contributed by atoms with Crippen LogP contribution < -0.4 is 15.8 Å². The first-order valence-corrected chi connectivity index (χ1v) is 10.9. The van der Waals surface area contributed by atoms with E-state index in [-0.39, 0.29) is 12.5 Å². The Labute approximate surface area is 197 Å². The largest absolute Gasteiger partial charge is 0.488 e. The van der Waals surface area contributed by atoms with Gasteiger partial charge in [-0.05, 0) is 48.9 Å². The summed E-state index contributed by atoms with van der Waals surface area (Å²) in [5, 5.41) is 2.91. The fraction of sp³-hybridized carbons (Fsp3) is 0.148. The molecule has 0 fully saturated rings. The number of nitrogens with two attached hydrogens (primary N) is 1. The first kappa shape index (κ1) is 22.8. The lowest BCUT2D eigenvalue weighted by atomic mass is 10.1. The molecule has 3 N–H and O–H groups in total. The van der Waals surface area contributed by atoms with E-state index < -0.39 is 5.91 Å². The first-order valence-electron chi connectivity index (χ1n) is 10.9. The van der Waals surface area contributed by atoms with Crippen LogP contribution in [0.3, 0.4) is 0 Å². The van der Waals surface area contributed by atoms with Gasteiger partial charge in [0.2, 0.25) is 5.89 Å². The number of nitrogens with zero attached hydrogens (tertiary/aromatic N) is 1. The quantitative estimate of drug-likeness (QED) is 0.391. The molecule has 172 valence electrons. The summed E-state index contributed by atoms with van der Waals surface area (Å²) in [7, 11) is 0. The van der Waals surface area contributed by atoms with E-state index in [2.05, 4.69) is 10.3 Å². The molecule has 4 aromatic rings. The highest BCUT2D eigenvalue weighted by Gasteiger charge is 2.11. The van der Waals surface area contributed by atoms with Crippen molar-refractivity contribution < 1.29 is 18.7 Å². The van der Waals surface area contributed by atoms with Gasteiger partial charge in [0, 0.05) is 24.1 Å². The summed E-state index contributed by atoms with van der Waals surface area (Å²) in [6.07, 6.45) is 2.16. The van der Waals surface area contributed by atoms with Crippen molar-refractivity contribution in [3.05, 3.63) is 107 Å². The van der Waals surface area contributed by atoms with Gasteiger partial charge in [0.25, 0.3) is 11.8 Å². The predicted octanol–water partition coefficient (Wildman–Crippen LogP) is 4.30. The molecule has 0 aliphatic heterocycles. The van der Waals surface area contributed by atoms with Gasteiger partial charge in [-0.15, -0.1) is 0 Å². The molecule has 0 saturated carbocycles. The smallest absolute Gasteiger partial charge is 0.252 e. The van der Waals surface area contributed by atoms with E-state index in [0.717, 1.165) is 16.8 Å². The Balaban J connectivity index is 1.31. The second-order valence-corrected chi connectivity index (χ2v) is 7.87. The third-order valence-electron chi connectivity index (χ3n) is 5.25. The van der Waals surface area contributed by atoms with Crippen molar-refractivity contribution in [1.29, 1.82) is 0 Å². The van der Waals surface area contributed by atoms with Crippen molar-refractivity contribution in [1.82, 2.24) is 10.3 Å². The molecule has 2 amide bonds. The Bertz CT molecular complexity index is 1300. The van der Waals surface area contributed by atoms with Crippen molar-refractivity contribution in [2.75, 3.05) is 6.54 Å². The number of aromatic nitrogens is 1. The summed E-state index contributed by atoms with van der Waals surface area (Å²) in [6, 6.07) is 21.9. The summed E-state index contributed by atoms with van der Waals surface area (Å²) in [6.45, 7) is 2.65. The molecular weight excluding hydrogens is 430 g/mol. The predicted molar refractivity (Wildman–Crippen MR) is 128 cm³/mol. The average Bonchev–Trinajstić information content (AvgIpc) is 3.32. The zero-order valence-corrected chi connectivity index (χ0v) is 18.8. The van der Waals surface area contributed by atoms with Crippen LogP contribution >= 0.6 is 0 Å². The van der Waals surface area contributed by atoms with Crippen LogP contribution in [0.5, 0.6) is 5.75 Å². The molecule has 0 saturated heterocycles. The minimum atomic E-state index is -0.554. The van der Waals surface area contributed by atoms with Crippen LogP contribution in [-0.2, 0) is 13.0 Å². The molecule has 1 heterocycles. The number of benzene rings is 3. The van der Waals surface area contributed by atoms with Crippen LogP contribution in [0.4, 0.5) is 0 Å². The maximum absolute atomic E-state index is 12.6. The number of hydrogen-bond acceptors (Lipinski definition) is 5. The van der Waals surface area contributed by atoms with Gasteiger partial charge in [-0.1, -0.05) is 42.0 Å². The molecule has 7 nitrogen and oxygen atoms in total. The van der Waals surface area contributed by atoms with Gasteiger partial charge in [0.1, 0.15) is 18.6 Å². The fourth-order valence-electron chi connectivity index (χ4n) is 3.42. The number of primary amides is 1. The molecule has 1 aromatic heterocycles. The second kappa shape index (κ2) is 10.5. The highest BCUT2D eigenvalue weighted by Crippen LogP contribution is 2.20. The number of oxazole rings is 1. The van der Waals surface area contributed by atoms with E-state index in [0.29, 0.717) is 35.7 Å². The highest BCUT2D eigenvalue weighted by atomic mass is 16.5. The molecule has 0 spiro atoms. The molecule has 0 bridgehead atoms. The zero-order valence-electron chi connectivity index (χ0n) is 18.8. The second-order valence-electron chi connectivity index (χ2n) is 7.87. The summed E-state index contributed by atoms with van der Waals surface area (Å²) in [4.78, 5) is 28.6. The van der Waals surface area contributed by atoms with E-state index in [9.17, 15) is 9.59 Å². The van der Waals surface area contributed by atoms with Gasteiger partial charge >= 0.3 is 0 Å². The molecule has 34 heavy (non-hydrogen) atoms. The number of carbonyl (C=O) groups is 2. The lowest BCUT2D eigenvalue weighted by molar-refractivity contribution is 0.0952. The van der Waals surface area contributed by atoms with Crippen LogP contribution in [0, 0.1) is 6.92 Å². The number of aryl methyl sites for hydroxylation is 1. The molecule has 7 heteroatoms. The number of para-hydroxylation sites is 1. The SMILES string of the molecule is Cc1ccc(-c2nc(CCNC(=O)c3cccc(COc4ccccc4C(N)=O)c3)co2)cc1. The molecule has 0 aliphatic carbocycles. The minimum absolute atomic E-state index is 0.193. The Kier molecular flexibility index (Phi) is 7.03. The van der Waals surface area contributed by atoms with E-state index in [1.165, 1.54) is 5.56 Å². The number of amides is 2. The van der Waals surface area contributed by atoms with Crippen LogP contribution in [0.1, 0.15) is 37.5 Å². The van der Waals surface area contributed by atoms with Crippen molar-refractivity contribution >= 4 is 11.8 Å². The first-order chi connectivity index (χ1) is 16.5. The Hall–Kier alpha value is -4.39. The lowest BCUT2D eigenvalue weighted by Crippen LogP contribution is -2.25. The van der Waals surface area contributed by atoms with Gasteiger partial charge in [0.05, 0.1) is 11.3 Å². The third-order valence-corrected chi connectivity index (χ3v) is 5.25. The molecule has 4 rings (SSSR count). The van der Waals surface area contributed by atoms with Crippen molar-refractivity contribution in [2.45, 2.75) is 20.0 Å². The number of rotatable bonds is 9.